The van der Waals surface area contributed by atoms with Gasteiger partial charge in [0, 0.05) is 18.7 Å². The number of rotatable bonds is 7. The van der Waals surface area contributed by atoms with Gasteiger partial charge >= 0.3 is 5.69 Å². The summed E-state index contributed by atoms with van der Waals surface area (Å²) in [5.74, 6) is 0.287. The number of nitrogens with zero attached hydrogens (tertiary/aromatic N) is 1. The van der Waals surface area contributed by atoms with Gasteiger partial charge in [0.05, 0.1) is 4.92 Å². The van der Waals surface area contributed by atoms with Crippen LogP contribution in [0.4, 0.5) is 5.69 Å². The van der Waals surface area contributed by atoms with Gasteiger partial charge in [-0.15, -0.1) is 0 Å². The number of nitrogens with one attached hydrogen (secondary N) is 1. The minimum atomic E-state index is -0.444. The maximum absolute atomic E-state index is 10.8. The number of benzene rings is 1. The SMILES string of the molecule is C=C(CNC1CC1)COc1ccccc1[N+](=O)[O-]. The molecule has 18 heavy (non-hydrogen) atoms. The minimum Gasteiger partial charge on any atom is -0.482 e. The smallest absolute Gasteiger partial charge is 0.310 e. The second-order valence-corrected chi connectivity index (χ2v) is 4.42. The molecule has 96 valence electrons. The molecule has 0 heterocycles. The zero-order chi connectivity index (χ0) is 13.0. The van der Waals surface area contributed by atoms with Gasteiger partial charge in [0.1, 0.15) is 6.61 Å². The molecule has 0 aromatic heterocycles. The lowest BCUT2D eigenvalue weighted by Gasteiger charge is -2.09. The van der Waals surface area contributed by atoms with Crippen molar-refractivity contribution in [3.05, 3.63) is 46.5 Å². The minimum absolute atomic E-state index is 0.0135. The molecule has 1 aliphatic carbocycles. The lowest BCUT2D eigenvalue weighted by atomic mass is 10.3. The van der Waals surface area contributed by atoms with E-state index in [4.69, 9.17) is 4.74 Å². The Morgan fingerprint density at radius 3 is 2.89 bits per heavy atom. The molecule has 5 nitrogen and oxygen atoms in total. The molecule has 5 heteroatoms. The van der Waals surface area contributed by atoms with Gasteiger partial charge in [-0.25, -0.2) is 0 Å². The van der Waals surface area contributed by atoms with E-state index in [1.165, 1.54) is 18.9 Å². The second kappa shape index (κ2) is 5.64. The van der Waals surface area contributed by atoms with Crippen LogP contribution in [0, 0.1) is 10.1 Å². The predicted molar refractivity (Wildman–Crippen MR) is 68.8 cm³/mol. The van der Waals surface area contributed by atoms with E-state index in [1.807, 2.05) is 0 Å². The summed E-state index contributed by atoms with van der Waals surface area (Å²) >= 11 is 0. The predicted octanol–water partition coefficient (Wildman–Crippen LogP) is 2.28. The van der Waals surface area contributed by atoms with Crippen molar-refractivity contribution in [1.82, 2.24) is 5.32 Å². The maximum Gasteiger partial charge on any atom is 0.310 e. The standard InChI is InChI=1S/C13H16N2O3/c1-10(8-14-11-6-7-11)9-18-13-5-3-2-4-12(13)15(16)17/h2-5,11,14H,1,6-9H2. The molecule has 1 aromatic rings. The summed E-state index contributed by atoms with van der Waals surface area (Å²) in [6, 6.07) is 6.98. The van der Waals surface area contributed by atoms with E-state index in [0.717, 1.165) is 5.57 Å². The number of nitro benzene ring substituents is 1. The third-order valence-corrected chi connectivity index (χ3v) is 2.71. The highest BCUT2D eigenvalue weighted by Crippen LogP contribution is 2.26. The van der Waals surface area contributed by atoms with E-state index in [0.29, 0.717) is 19.2 Å². The first-order valence-corrected chi connectivity index (χ1v) is 5.93. The highest BCUT2D eigenvalue weighted by Gasteiger charge is 2.20. The fourth-order valence-electron chi connectivity index (χ4n) is 1.54. The van der Waals surface area contributed by atoms with Crippen molar-refractivity contribution in [2.24, 2.45) is 0 Å². The van der Waals surface area contributed by atoms with Crippen molar-refractivity contribution < 1.29 is 9.66 Å². The van der Waals surface area contributed by atoms with Crippen LogP contribution in [0.25, 0.3) is 0 Å². The molecule has 2 rings (SSSR count). The Balaban J connectivity index is 1.84. The molecule has 1 fully saturated rings. The first-order valence-electron chi connectivity index (χ1n) is 5.93. The van der Waals surface area contributed by atoms with Crippen molar-refractivity contribution in [2.75, 3.05) is 13.2 Å². The number of hydrogen-bond acceptors (Lipinski definition) is 4. The quantitative estimate of drug-likeness (QED) is 0.457. The molecule has 0 radical (unpaired) electrons. The molecule has 0 amide bonds. The first kappa shape index (κ1) is 12.6. The fraction of sp³-hybridized carbons (Fsp3) is 0.385. The third-order valence-electron chi connectivity index (χ3n) is 2.71. The molecule has 0 aliphatic heterocycles. The van der Waals surface area contributed by atoms with Crippen LogP contribution in [-0.2, 0) is 0 Å². The molecule has 0 atom stereocenters. The average molecular weight is 248 g/mol. The molecule has 1 N–H and O–H groups in total. The van der Waals surface area contributed by atoms with Crippen LogP contribution in [0.1, 0.15) is 12.8 Å². The topological polar surface area (TPSA) is 64.4 Å². The van der Waals surface area contributed by atoms with Crippen LogP contribution >= 0.6 is 0 Å². The van der Waals surface area contributed by atoms with E-state index < -0.39 is 4.92 Å². The van der Waals surface area contributed by atoms with Crippen molar-refractivity contribution in [3.8, 4) is 5.75 Å². The molecule has 0 bridgehead atoms. The summed E-state index contributed by atoms with van der Waals surface area (Å²) < 4.78 is 5.43. The van der Waals surface area contributed by atoms with Gasteiger partial charge in [-0.3, -0.25) is 10.1 Å². The zero-order valence-corrected chi connectivity index (χ0v) is 10.1. The summed E-state index contributed by atoms with van der Waals surface area (Å²) in [6.45, 7) is 4.88. The van der Waals surface area contributed by atoms with E-state index in [-0.39, 0.29) is 11.4 Å². The lowest BCUT2D eigenvalue weighted by molar-refractivity contribution is -0.385. The Morgan fingerprint density at radius 1 is 1.50 bits per heavy atom. The zero-order valence-electron chi connectivity index (χ0n) is 10.1. The Morgan fingerprint density at radius 2 is 2.22 bits per heavy atom. The summed E-state index contributed by atoms with van der Waals surface area (Å²) in [5, 5.41) is 14.1. The van der Waals surface area contributed by atoms with Gasteiger partial charge in [0.15, 0.2) is 5.75 Å². The van der Waals surface area contributed by atoms with Gasteiger partial charge in [-0.05, 0) is 24.5 Å². The van der Waals surface area contributed by atoms with E-state index in [9.17, 15) is 10.1 Å². The summed E-state index contributed by atoms with van der Waals surface area (Å²) in [5.41, 5.74) is 0.875. The highest BCUT2D eigenvalue weighted by molar-refractivity contribution is 5.45. The van der Waals surface area contributed by atoms with Crippen LogP contribution in [0.15, 0.2) is 36.4 Å². The second-order valence-electron chi connectivity index (χ2n) is 4.42. The van der Waals surface area contributed by atoms with E-state index in [2.05, 4.69) is 11.9 Å². The summed E-state index contributed by atoms with van der Waals surface area (Å²) in [7, 11) is 0. The number of para-hydroxylation sites is 2. The van der Waals surface area contributed by atoms with Gasteiger partial charge in [-0.1, -0.05) is 18.7 Å². The molecular formula is C13H16N2O3. The Bertz CT molecular complexity index is 455. The van der Waals surface area contributed by atoms with Gasteiger partial charge in [0.2, 0.25) is 0 Å². The van der Waals surface area contributed by atoms with Crippen molar-refractivity contribution >= 4 is 5.69 Å². The summed E-state index contributed by atoms with van der Waals surface area (Å²) in [6.07, 6.45) is 2.44. The maximum atomic E-state index is 10.8. The fourth-order valence-corrected chi connectivity index (χ4v) is 1.54. The van der Waals surface area contributed by atoms with E-state index in [1.54, 1.807) is 18.2 Å². The molecule has 1 aliphatic rings. The molecule has 0 unspecified atom stereocenters. The van der Waals surface area contributed by atoms with Crippen LogP contribution in [0.3, 0.4) is 0 Å². The van der Waals surface area contributed by atoms with Gasteiger partial charge in [0.25, 0.3) is 0 Å². The number of ether oxygens (including phenoxy) is 1. The number of hydrogen-bond donors (Lipinski definition) is 1. The lowest BCUT2D eigenvalue weighted by Crippen LogP contribution is -2.21. The van der Waals surface area contributed by atoms with Crippen LogP contribution in [0.5, 0.6) is 5.75 Å². The Labute approximate surface area is 106 Å². The summed E-state index contributed by atoms with van der Waals surface area (Å²) in [4.78, 5) is 10.3. The molecular weight excluding hydrogens is 232 g/mol. The van der Waals surface area contributed by atoms with Crippen molar-refractivity contribution in [2.45, 2.75) is 18.9 Å². The molecule has 1 aromatic carbocycles. The molecule has 1 saturated carbocycles. The van der Waals surface area contributed by atoms with Crippen molar-refractivity contribution in [1.29, 1.82) is 0 Å². The molecule has 0 spiro atoms. The Kier molecular flexibility index (Phi) is 3.94. The van der Waals surface area contributed by atoms with Crippen LogP contribution < -0.4 is 10.1 Å². The van der Waals surface area contributed by atoms with Gasteiger partial charge < -0.3 is 10.1 Å². The highest BCUT2D eigenvalue weighted by atomic mass is 16.6. The normalized spacial score (nSPS) is 14.2. The first-order chi connectivity index (χ1) is 8.66. The van der Waals surface area contributed by atoms with Crippen LogP contribution in [-0.4, -0.2) is 24.1 Å². The van der Waals surface area contributed by atoms with Crippen molar-refractivity contribution in [3.63, 3.8) is 0 Å². The third kappa shape index (κ3) is 3.56. The number of nitro groups is 1. The van der Waals surface area contributed by atoms with Gasteiger partial charge in [-0.2, -0.15) is 0 Å². The van der Waals surface area contributed by atoms with E-state index >= 15 is 0 Å². The Hall–Kier alpha value is -1.88. The monoisotopic (exact) mass is 248 g/mol. The average Bonchev–Trinajstić information content (AvgIpc) is 3.18. The van der Waals surface area contributed by atoms with Crippen LogP contribution in [0.2, 0.25) is 0 Å². The molecule has 0 saturated heterocycles. The largest absolute Gasteiger partial charge is 0.482 e.